The smallest absolute Gasteiger partial charge is 0.270 e. The van der Waals surface area contributed by atoms with Crippen molar-refractivity contribution >= 4 is 17.5 Å². The molecule has 0 radical (unpaired) electrons. The van der Waals surface area contributed by atoms with Gasteiger partial charge in [0, 0.05) is 24.9 Å². The molecule has 2 N–H and O–H groups in total. The van der Waals surface area contributed by atoms with Gasteiger partial charge in [-0.2, -0.15) is 0 Å². The van der Waals surface area contributed by atoms with E-state index in [1.807, 2.05) is 0 Å². The number of benzene rings is 1. The highest BCUT2D eigenvalue weighted by molar-refractivity contribution is 6.03. The third-order valence-electron chi connectivity index (χ3n) is 6.35. The van der Waals surface area contributed by atoms with Crippen molar-refractivity contribution in [3.63, 3.8) is 0 Å². The normalized spacial score (nSPS) is 21.0. The number of amides is 2. The molecule has 2 fully saturated rings. The number of likely N-dealkylation sites (N-methyl/N-ethyl adjacent to an activating group) is 1. The Bertz CT molecular complexity index is 1190. The molecule has 1 saturated heterocycles. The van der Waals surface area contributed by atoms with E-state index in [4.69, 9.17) is 14.2 Å². The van der Waals surface area contributed by atoms with Crippen molar-refractivity contribution in [2.75, 3.05) is 31.8 Å². The van der Waals surface area contributed by atoms with Crippen molar-refractivity contribution in [2.45, 2.75) is 43.4 Å². The van der Waals surface area contributed by atoms with Crippen LogP contribution in [0, 0.1) is 11.8 Å². The average molecular weight is 478 g/mol. The van der Waals surface area contributed by atoms with Crippen molar-refractivity contribution in [1.82, 2.24) is 10.3 Å². The van der Waals surface area contributed by atoms with E-state index in [-0.39, 0.29) is 37.5 Å². The van der Waals surface area contributed by atoms with Crippen molar-refractivity contribution < 1.29 is 28.9 Å². The first-order chi connectivity index (χ1) is 16.9. The van der Waals surface area contributed by atoms with Crippen LogP contribution in [0.25, 0.3) is 0 Å². The number of aromatic nitrogens is 1. The number of ether oxygens (including phenoxy) is 3. The second-order valence-corrected chi connectivity index (χ2v) is 9.09. The molecule has 1 saturated carbocycles. The topological polar surface area (TPSA) is 110 Å². The van der Waals surface area contributed by atoms with Gasteiger partial charge in [-0.3, -0.25) is 14.6 Å². The number of hydrogen-bond acceptors (Lipinski definition) is 7. The van der Waals surface area contributed by atoms with E-state index in [1.54, 1.807) is 37.4 Å². The van der Waals surface area contributed by atoms with Gasteiger partial charge in [0.25, 0.3) is 11.8 Å². The highest BCUT2D eigenvalue weighted by atomic mass is 16.5. The van der Waals surface area contributed by atoms with Crippen LogP contribution in [-0.2, 0) is 9.53 Å². The zero-order chi connectivity index (χ0) is 24.4. The second-order valence-electron chi connectivity index (χ2n) is 9.09. The molecule has 0 spiro atoms. The largest absolute Gasteiger partial charge is 0.490 e. The molecule has 9 heteroatoms. The molecule has 0 bridgehead atoms. The first-order valence-corrected chi connectivity index (χ1v) is 11.7. The van der Waals surface area contributed by atoms with Gasteiger partial charge in [0.15, 0.2) is 5.60 Å². The minimum Gasteiger partial charge on any atom is -0.490 e. The van der Waals surface area contributed by atoms with Gasteiger partial charge < -0.3 is 29.5 Å². The number of nitrogens with one attached hydrogen (secondary N) is 1. The Morgan fingerprint density at radius 2 is 2.06 bits per heavy atom. The van der Waals surface area contributed by atoms with E-state index < -0.39 is 17.6 Å². The summed E-state index contributed by atoms with van der Waals surface area (Å²) in [6.45, 7) is 0.332. The van der Waals surface area contributed by atoms with Crippen LogP contribution in [0.5, 0.6) is 11.5 Å². The summed E-state index contributed by atoms with van der Waals surface area (Å²) in [4.78, 5) is 31.6. The van der Waals surface area contributed by atoms with Crippen LogP contribution >= 0.6 is 0 Å². The van der Waals surface area contributed by atoms with Crippen molar-refractivity contribution in [2.24, 2.45) is 0 Å². The number of nitrogens with zero attached hydrogens (tertiary/aromatic N) is 2. The van der Waals surface area contributed by atoms with Crippen molar-refractivity contribution in [3.05, 3.63) is 47.8 Å². The monoisotopic (exact) mass is 477 g/mol. The van der Waals surface area contributed by atoms with Crippen molar-refractivity contribution in [1.29, 1.82) is 0 Å². The van der Waals surface area contributed by atoms with Gasteiger partial charge in [0.05, 0.1) is 25.0 Å². The van der Waals surface area contributed by atoms with Crippen LogP contribution in [0.2, 0.25) is 0 Å². The van der Waals surface area contributed by atoms with Gasteiger partial charge in [0.1, 0.15) is 29.8 Å². The maximum Gasteiger partial charge on any atom is 0.270 e. The molecule has 1 aromatic carbocycles. The fraction of sp³-hybridized carbons (Fsp3) is 0.423. The van der Waals surface area contributed by atoms with Crippen LogP contribution in [0.1, 0.15) is 41.7 Å². The molecule has 182 valence electrons. The molecular formula is C26H27N3O6. The molecule has 0 unspecified atom stereocenters. The minimum atomic E-state index is -1.13. The number of hydrogen-bond donors (Lipinski definition) is 2. The summed E-state index contributed by atoms with van der Waals surface area (Å²) in [5, 5.41) is 12.8. The fourth-order valence-corrected chi connectivity index (χ4v) is 4.28. The minimum absolute atomic E-state index is 0.0255. The Labute approximate surface area is 203 Å². The van der Waals surface area contributed by atoms with E-state index in [9.17, 15) is 14.7 Å². The fourth-order valence-electron chi connectivity index (χ4n) is 4.28. The average Bonchev–Trinajstić information content (AvgIpc) is 3.32. The molecular weight excluding hydrogens is 450 g/mol. The first kappa shape index (κ1) is 23.1. The molecule has 9 nitrogen and oxygen atoms in total. The molecule has 35 heavy (non-hydrogen) atoms. The van der Waals surface area contributed by atoms with Gasteiger partial charge in [-0.25, -0.2) is 0 Å². The van der Waals surface area contributed by atoms with Crippen LogP contribution in [0.3, 0.4) is 0 Å². The number of rotatable bonds is 4. The molecule has 3 aliphatic rings. The van der Waals surface area contributed by atoms with E-state index in [2.05, 4.69) is 22.1 Å². The standard InChI is InChI=1S/C26H27N3O6/c1-29-22-12-17(8-10-26(32)15-33-16-26)6-7-23(22)34-14-21(25(29)31)28-24(30)20-13-19(9-11-27-20)35-18-4-2-3-5-18/h6-7,9,11-13,18,21,32H,2-5,14-16H2,1H3,(H,28,30)/t21-/m0/s1. The predicted molar refractivity (Wildman–Crippen MR) is 126 cm³/mol. The Kier molecular flexibility index (Phi) is 6.32. The third-order valence-corrected chi connectivity index (χ3v) is 6.35. The number of carbonyl (C=O) groups excluding carboxylic acids is 2. The van der Waals surface area contributed by atoms with Crippen LogP contribution < -0.4 is 19.7 Å². The molecule has 2 aromatic rings. The lowest BCUT2D eigenvalue weighted by atomic mass is 10.0. The molecule has 1 aliphatic carbocycles. The summed E-state index contributed by atoms with van der Waals surface area (Å²) in [5.74, 6) is 6.01. The molecule has 3 heterocycles. The van der Waals surface area contributed by atoms with Gasteiger partial charge >= 0.3 is 0 Å². The zero-order valence-corrected chi connectivity index (χ0v) is 19.5. The number of anilines is 1. The summed E-state index contributed by atoms with van der Waals surface area (Å²) in [7, 11) is 1.62. The van der Waals surface area contributed by atoms with Gasteiger partial charge in [-0.15, -0.1) is 0 Å². The molecule has 2 amide bonds. The lowest BCUT2D eigenvalue weighted by molar-refractivity contribution is -0.140. The predicted octanol–water partition coefficient (Wildman–Crippen LogP) is 1.67. The van der Waals surface area contributed by atoms with Crippen LogP contribution in [0.15, 0.2) is 36.5 Å². The van der Waals surface area contributed by atoms with E-state index in [0.717, 1.165) is 25.7 Å². The van der Waals surface area contributed by atoms with E-state index >= 15 is 0 Å². The second kappa shape index (κ2) is 9.56. The van der Waals surface area contributed by atoms with Crippen molar-refractivity contribution in [3.8, 4) is 23.3 Å². The number of aliphatic hydroxyl groups is 1. The van der Waals surface area contributed by atoms with Gasteiger partial charge in [-0.05, 0) is 49.9 Å². The molecule has 1 aromatic heterocycles. The summed E-state index contributed by atoms with van der Waals surface area (Å²) >= 11 is 0. The lowest BCUT2D eigenvalue weighted by Crippen LogP contribution is -2.49. The Morgan fingerprint density at radius 3 is 2.80 bits per heavy atom. The maximum absolute atomic E-state index is 13.1. The van der Waals surface area contributed by atoms with Gasteiger partial charge in [0.2, 0.25) is 0 Å². The van der Waals surface area contributed by atoms with Gasteiger partial charge in [-0.1, -0.05) is 11.8 Å². The number of fused-ring (bicyclic) bond motifs is 1. The summed E-state index contributed by atoms with van der Waals surface area (Å²) in [6, 6.07) is 7.63. The van der Waals surface area contributed by atoms with Crippen LogP contribution in [0.4, 0.5) is 5.69 Å². The molecule has 5 rings (SSSR count). The Morgan fingerprint density at radius 1 is 1.26 bits per heavy atom. The van der Waals surface area contributed by atoms with E-state index in [0.29, 0.717) is 22.7 Å². The zero-order valence-electron chi connectivity index (χ0n) is 19.5. The maximum atomic E-state index is 13.1. The molecule has 1 atom stereocenters. The van der Waals surface area contributed by atoms with E-state index in [1.165, 1.54) is 11.1 Å². The third kappa shape index (κ3) is 5.09. The summed E-state index contributed by atoms with van der Waals surface area (Å²) < 4.78 is 16.8. The summed E-state index contributed by atoms with van der Waals surface area (Å²) in [6.07, 6.45) is 6.00. The van der Waals surface area contributed by atoms with Crippen LogP contribution in [-0.4, -0.2) is 66.5 Å². The first-order valence-electron chi connectivity index (χ1n) is 11.7. The number of carbonyl (C=O) groups is 2. The summed E-state index contributed by atoms with van der Waals surface area (Å²) in [5.41, 5.74) is 0.195. The SMILES string of the molecule is CN1C(=O)[C@@H](NC(=O)c2cc(OC3CCCC3)ccn2)COc2ccc(C#CC3(O)COC3)cc21. The molecule has 2 aliphatic heterocycles. The highest BCUT2D eigenvalue weighted by Gasteiger charge is 2.34. The Hall–Kier alpha value is -3.61. The Balaban J connectivity index is 1.27. The highest BCUT2D eigenvalue weighted by Crippen LogP contribution is 2.32. The quantitative estimate of drug-likeness (QED) is 0.645. The number of pyridine rings is 1. The lowest BCUT2D eigenvalue weighted by Gasteiger charge is -2.30.